The first-order chi connectivity index (χ1) is 9.31. The summed E-state index contributed by atoms with van der Waals surface area (Å²) in [5.41, 5.74) is 0.355. The number of carbonyl (C=O) groups is 1. The maximum Gasteiger partial charge on any atom is 0.241 e. The van der Waals surface area contributed by atoms with Gasteiger partial charge in [-0.15, -0.1) is 0 Å². The molecule has 6 heteroatoms. The third-order valence-electron chi connectivity index (χ3n) is 2.88. The van der Waals surface area contributed by atoms with E-state index in [1.165, 1.54) is 18.2 Å². The predicted octanol–water partition coefficient (Wildman–Crippen LogP) is 2.11. The van der Waals surface area contributed by atoms with Crippen molar-refractivity contribution in [1.29, 1.82) is 5.26 Å². The van der Waals surface area contributed by atoms with Crippen LogP contribution in [0.4, 0.5) is 0 Å². The Labute approximate surface area is 119 Å². The number of nitrogens with one attached hydrogen (secondary N) is 1. The van der Waals surface area contributed by atoms with E-state index in [9.17, 15) is 13.2 Å². The van der Waals surface area contributed by atoms with E-state index in [0.29, 0.717) is 12.0 Å². The van der Waals surface area contributed by atoms with Crippen molar-refractivity contribution in [2.24, 2.45) is 5.92 Å². The number of benzene rings is 1. The number of hydrogen-bond donors (Lipinski definition) is 1. The second kappa shape index (κ2) is 6.64. The molecule has 0 aliphatic heterocycles. The summed E-state index contributed by atoms with van der Waals surface area (Å²) < 4.78 is 26.7. The zero-order valence-corrected chi connectivity index (χ0v) is 12.6. The first-order valence-corrected chi connectivity index (χ1v) is 7.85. The molecule has 0 spiro atoms. The molecule has 0 saturated heterocycles. The van der Waals surface area contributed by atoms with E-state index in [0.717, 1.165) is 0 Å². The average molecular weight is 294 g/mol. The normalized spacial score (nSPS) is 12.9. The number of hydrogen-bond acceptors (Lipinski definition) is 4. The van der Waals surface area contributed by atoms with E-state index in [1.54, 1.807) is 26.8 Å². The predicted molar refractivity (Wildman–Crippen MR) is 75.6 cm³/mol. The number of nitriles is 1. The molecule has 0 heterocycles. The number of sulfonamides is 1. The van der Waals surface area contributed by atoms with E-state index in [2.05, 4.69) is 4.72 Å². The van der Waals surface area contributed by atoms with Gasteiger partial charge in [-0.1, -0.05) is 32.9 Å². The molecule has 1 aromatic rings. The fourth-order valence-electron chi connectivity index (χ4n) is 1.59. The summed E-state index contributed by atoms with van der Waals surface area (Å²) in [7, 11) is -3.81. The molecule has 0 aliphatic carbocycles. The molecule has 0 unspecified atom stereocenters. The second-order valence-electron chi connectivity index (χ2n) is 4.78. The Kier molecular flexibility index (Phi) is 5.43. The van der Waals surface area contributed by atoms with Gasteiger partial charge in [0.2, 0.25) is 10.0 Å². The van der Waals surface area contributed by atoms with Crippen LogP contribution < -0.4 is 4.72 Å². The molecule has 1 atom stereocenters. The van der Waals surface area contributed by atoms with Gasteiger partial charge in [0, 0.05) is 12.0 Å². The van der Waals surface area contributed by atoms with E-state index in [1.807, 2.05) is 6.07 Å². The van der Waals surface area contributed by atoms with E-state index in [4.69, 9.17) is 5.26 Å². The standard InChI is InChI=1S/C14H18N2O3S/c1-4-14(17)11-6-5-7-12(8-11)20(18,19)16-13(9-15)10(2)3/h5-8,10,13,16H,4H2,1-3H3/t13-/m0/s1. The summed E-state index contributed by atoms with van der Waals surface area (Å²) in [5.74, 6) is -0.266. The molecule has 0 fully saturated rings. The lowest BCUT2D eigenvalue weighted by molar-refractivity contribution is 0.0988. The van der Waals surface area contributed by atoms with Gasteiger partial charge in [0.1, 0.15) is 6.04 Å². The van der Waals surface area contributed by atoms with Gasteiger partial charge >= 0.3 is 0 Å². The van der Waals surface area contributed by atoms with Crippen molar-refractivity contribution in [3.63, 3.8) is 0 Å². The summed E-state index contributed by atoms with van der Waals surface area (Å²) in [5, 5.41) is 8.96. The number of ketones is 1. The van der Waals surface area contributed by atoms with Crippen LogP contribution in [0.25, 0.3) is 0 Å². The molecule has 0 saturated carbocycles. The van der Waals surface area contributed by atoms with Gasteiger partial charge in [-0.05, 0) is 18.1 Å². The van der Waals surface area contributed by atoms with Crippen molar-refractivity contribution >= 4 is 15.8 Å². The van der Waals surface area contributed by atoms with Crippen LogP contribution in [-0.4, -0.2) is 20.2 Å². The Balaban J connectivity index is 3.11. The van der Waals surface area contributed by atoms with Gasteiger partial charge in [-0.2, -0.15) is 9.98 Å². The average Bonchev–Trinajstić information content (AvgIpc) is 2.43. The summed E-state index contributed by atoms with van der Waals surface area (Å²) >= 11 is 0. The second-order valence-corrected chi connectivity index (χ2v) is 6.49. The molecule has 108 valence electrons. The van der Waals surface area contributed by atoms with Crippen LogP contribution in [0.2, 0.25) is 0 Å². The highest BCUT2D eigenvalue weighted by atomic mass is 32.2. The van der Waals surface area contributed by atoms with Crippen LogP contribution in [0.15, 0.2) is 29.2 Å². The summed E-state index contributed by atoms with van der Waals surface area (Å²) in [6, 6.07) is 6.96. The van der Waals surface area contributed by atoms with Gasteiger partial charge in [0.15, 0.2) is 5.78 Å². The molecule has 1 N–H and O–H groups in total. The first kappa shape index (κ1) is 16.3. The van der Waals surface area contributed by atoms with Gasteiger partial charge in [0.05, 0.1) is 11.0 Å². The van der Waals surface area contributed by atoms with Crippen LogP contribution in [0.1, 0.15) is 37.6 Å². The SMILES string of the molecule is CCC(=O)c1cccc(S(=O)(=O)N[C@@H](C#N)C(C)C)c1. The minimum Gasteiger partial charge on any atom is -0.294 e. The Hall–Kier alpha value is -1.71. The summed E-state index contributed by atoms with van der Waals surface area (Å²) in [4.78, 5) is 11.6. The minimum atomic E-state index is -3.81. The van der Waals surface area contributed by atoms with Gasteiger partial charge in [0.25, 0.3) is 0 Å². The van der Waals surface area contributed by atoms with Crippen molar-refractivity contribution in [1.82, 2.24) is 4.72 Å². The fraction of sp³-hybridized carbons (Fsp3) is 0.429. The molecular formula is C14H18N2O3S. The lowest BCUT2D eigenvalue weighted by atomic mass is 10.1. The van der Waals surface area contributed by atoms with Crippen LogP contribution >= 0.6 is 0 Å². The summed E-state index contributed by atoms with van der Waals surface area (Å²) in [6.45, 7) is 5.23. The lowest BCUT2D eigenvalue weighted by Crippen LogP contribution is -2.37. The molecule has 1 aromatic carbocycles. The smallest absolute Gasteiger partial charge is 0.241 e. The third-order valence-corrected chi connectivity index (χ3v) is 4.31. The molecule has 1 rings (SSSR count). The molecule has 0 aromatic heterocycles. The van der Waals surface area contributed by atoms with E-state index < -0.39 is 16.1 Å². The lowest BCUT2D eigenvalue weighted by Gasteiger charge is -2.15. The maximum atomic E-state index is 12.2. The fourth-order valence-corrected chi connectivity index (χ4v) is 2.92. The highest BCUT2D eigenvalue weighted by Gasteiger charge is 2.22. The molecular weight excluding hydrogens is 276 g/mol. The number of carbonyl (C=O) groups excluding carboxylic acids is 1. The monoisotopic (exact) mass is 294 g/mol. The first-order valence-electron chi connectivity index (χ1n) is 6.37. The zero-order valence-electron chi connectivity index (χ0n) is 11.8. The summed E-state index contributed by atoms with van der Waals surface area (Å²) in [6.07, 6.45) is 0.309. The van der Waals surface area contributed by atoms with Crippen molar-refractivity contribution in [3.8, 4) is 6.07 Å². The van der Waals surface area contributed by atoms with Crippen molar-refractivity contribution in [3.05, 3.63) is 29.8 Å². The molecule has 5 nitrogen and oxygen atoms in total. The number of Topliss-reactive ketones (excluding diaryl/α,β-unsaturated/α-hetero) is 1. The highest BCUT2D eigenvalue weighted by molar-refractivity contribution is 7.89. The van der Waals surface area contributed by atoms with E-state index >= 15 is 0 Å². The Morgan fingerprint density at radius 3 is 2.55 bits per heavy atom. The number of nitrogens with zero attached hydrogens (tertiary/aromatic N) is 1. The Bertz CT molecular complexity index is 630. The third kappa shape index (κ3) is 3.89. The quantitative estimate of drug-likeness (QED) is 0.814. The van der Waals surface area contributed by atoms with Crippen molar-refractivity contribution in [2.45, 2.75) is 38.1 Å². The number of rotatable bonds is 6. The Morgan fingerprint density at radius 2 is 2.05 bits per heavy atom. The van der Waals surface area contributed by atoms with Crippen molar-refractivity contribution in [2.75, 3.05) is 0 Å². The minimum absolute atomic E-state index is 0.00213. The zero-order chi connectivity index (χ0) is 15.3. The molecule has 20 heavy (non-hydrogen) atoms. The van der Waals surface area contributed by atoms with Gasteiger partial charge < -0.3 is 0 Å². The van der Waals surface area contributed by atoms with Crippen LogP contribution in [-0.2, 0) is 10.0 Å². The topological polar surface area (TPSA) is 87.0 Å². The molecule has 0 amide bonds. The maximum absolute atomic E-state index is 12.2. The van der Waals surface area contributed by atoms with Crippen LogP contribution in [0.3, 0.4) is 0 Å². The molecule has 0 aliphatic rings. The van der Waals surface area contributed by atoms with Crippen LogP contribution in [0.5, 0.6) is 0 Å². The molecule has 0 bridgehead atoms. The highest BCUT2D eigenvalue weighted by Crippen LogP contribution is 2.14. The largest absolute Gasteiger partial charge is 0.294 e. The molecule has 0 radical (unpaired) electrons. The van der Waals surface area contributed by atoms with Crippen molar-refractivity contribution < 1.29 is 13.2 Å². The van der Waals surface area contributed by atoms with Gasteiger partial charge in [-0.25, -0.2) is 8.42 Å². The van der Waals surface area contributed by atoms with E-state index in [-0.39, 0.29) is 16.6 Å². The Morgan fingerprint density at radius 1 is 1.40 bits per heavy atom. The van der Waals surface area contributed by atoms with Crippen LogP contribution in [0, 0.1) is 17.2 Å². The van der Waals surface area contributed by atoms with Gasteiger partial charge in [-0.3, -0.25) is 4.79 Å².